The third-order valence-corrected chi connectivity index (χ3v) is 3.39. The van der Waals surface area contributed by atoms with E-state index in [1.807, 2.05) is 25.3 Å². The van der Waals surface area contributed by atoms with Crippen LogP contribution in [0.15, 0.2) is 53.6 Å². The Morgan fingerprint density at radius 2 is 1.48 bits per heavy atom. The molecule has 0 aromatic heterocycles. The van der Waals surface area contributed by atoms with Crippen LogP contribution in [0.2, 0.25) is 0 Å². The van der Waals surface area contributed by atoms with Crippen molar-refractivity contribution in [3.8, 4) is 0 Å². The summed E-state index contributed by atoms with van der Waals surface area (Å²) in [5.41, 5.74) is 4.67. The molecule has 110 valence electrons. The van der Waals surface area contributed by atoms with E-state index in [1.165, 1.54) is 11.3 Å². The molecule has 0 N–H and O–H groups in total. The fourth-order valence-electron chi connectivity index (χ4n) is 2.04. The lowest BCUT2D eigenvalue weighted by molar-refractivity contribution is 0.897. The Morgan fingerprint density at radius 3 is 2.00 bits per heavy atom. The second-order valence-electron chi connectivity index (χ2n) is 5.28. The third-order valence-electron chi connectivity index (χ3n) is 3.39. The molecule has 0 saturated heterocycles. The van der Waals surface area contributed by atoms with E-state index in [9.17, 15) is 0 Å². The number of anilines is 2. The monoisotopic (exact) mass is 281 g/mol. The van der Waals surface area contributed by atoms with Gasteiger partial charge in [0.15, 0.2) is 0 Å². The molecule has 0 bridgehead atoms. The molecule has 21 heavy (non-hydrogen) atoms. The largest absolute Gasteiger partial charge is 0.378 e. The molecule has 0 atom stereocenters. The lowest BCUT2D eigenvalue weighted by Gasteiger charge is -2.17. The van der Waals surface area contributed by atoms with Crippen molar-refractivity contribution in [2.24, 2.45) is 5.10 Å². The van der Waals surface area contributed by atoms with Crippen molar-refractivity contribution in [1.82, 2.24) is 0 Å². The Balaban J connectivity index is 2.12. The molecular weight excluding hydrogens is 258 g/mol. The highest BCUT2D eigenvalue weighted by atomic mass is 15.4. The van der Waals surface area contributed by atoms with Gasteiger partial charge in [-0.05, 0) is 43.7 Å². The number of hydrazone groups is 1. The first-order valence-electron chi connectivity index (χ1n) is 7.25. The Hall–Kier alpha value is -2.29. The normalized spacial score (nSPS) is 10.9. The van der Waals surface area contributed by atoms with Crippen molar-refractivity contribution in [1.29, 1.82) is 0 Å². The van der Waals surface area contributed by atoms with Crippen molar-refractivity contribution in [3.05, 3.63) is 59.7 Å². The number of benzene rings is 2. The summed E-state index contributed by atoms with van der Waals surface area (Å²) in [6.45, 7) is 5.04. The second kappa shape index (κ2) is 6.93. The van der Waals surface area contributed by atoms with Crippen LogP contribution in [0.25, 0.3) is 0 Å². The van der Waals surface area contributed by atoms with Gasteiger partial charge in [0.25, 0.3) is 0 Å². The van der Waals surface area contributed by atoms with E-state index in [-0.39, 0.29) is 0 Å². The van der Waals surface area contributed by atoms with Gasteiger partial charge in [0.05, 0.1) is 11.9 Å². The van der Waals surface area contributed by atoms with Crippen molar-refractivity contribution in [2.75, 3.05) is 30.5 Å². The molecule has 0 spiro atoms. The topological polar surface area (TPSA) is 18.8 Å². The minimum absolute atomic E-state index is 0.843. The van der Waals surface area contributed by atoms with Crippen LogP contribution in [0.5, 0.6) is 0 Å². The number of nitrogens with zero attached hydrogens (tertiary/aromatic N) is 3. The van der Waals surface area contributed by atoms with E-state index in [0.717, 1.165) is 17.8 Å². The maximum absolute atomic E-state index is 4.58. The van der Waals surface area contributed by atoms with E-state index < -0.39 is 0 Å². The molecule has 0 saturated carbocycles. The predicted molar refractivity (Wildman–Crippen MR) is 92.6 cm³/mol. The van der Waals surface area contributed by atoms with Gasteiger partial charge in [-0.25, -0.2) is 0 Å². The predicted octanol–water partition coefficient (Wildman–Crippen LogP) is 3.92. The Labute approximate surface area is 127 Å². The highest BCUT2D eigenvalue weighted by molar-refractivity contribution is 5.81. The van der Waals surface area contributed by atoms with Gasteiger partial charge in [0.1, 0.15) is 0 Å². The molecule has 0 unspecified atom stereocenters. The molecule has 2 aromatic rings. The van der Waals surface area contributed by atoms with Crippen LogP contribution in [0.1, 0.15) is 18.1 Å². The second-order valence-corrected chi connectivity index (χ2v) is 5.28. The van der Waals surface area contributed by atoms with E-state index in [0.29, 0.717) is 0 Å². The van der Waals surface area contributed by atoms with E-state index in [1.54, 1.807) is 0 Å². The van der Waals surface area contributed by atoms with Crippen LogP contribution in [0.4, 0.5) is 11.4 Å². The summed E-state index contributed by atoms with van der Waals surface area (Å²) in [6.07, 6.45) is 1.91. The highest BCUT2D eigenvalue weighted by Crippen LogP contribution is 2.16. The summed E-state index contributed by atoms with van der Waals surface area (Å²) in [7, 11) is 4.08. The van der Waals surface area contributed by atoms with Crippen molar-refractivity contribution in [3.63, 3.8) is 0 Å². The molecule has 3 nitrogen and oxygen atoms in total. The first-order chi connectivity index (χ1) is 10.1. The van der Waals surface area contributed by atoms with Gasteiger partial charge >= 0.3 is 0 Å². The summed E-state index contributed by atoms with van der Waals surface area (Å²) in [5.74, 6) is 0. The van der Waals surface area contributed by atoms with Gasteiger partial charge < -0.3 is 4.90 Å². The first kappa shape index (κ1) is 15.1. The molecule has 0 aliphatic rings. The molecule has 0 aliphatic carbocycles. The van der Waals surface area contributed by atoms with Crippen LogP contribution < -0.4 is 9.91 Å². The maximum Gasteiger partial charge on any atom is 0.0593 e. The minimum Gasteiger partial charge on any atom is -0.378 e. The lowest BCUT2D eigenvalue weighted by Crippen LogP contribution is -2.15. The van der Waals surface area contributed by atoms with Crippen LogP contribution in [0.3, 0.4) is 0 Å². The summed E-state index contributed by atoms with van der Waals surface area (Å²) in [4.78, 5) is 2.09. The SMILES string of the molecule is CCN(N=Cc1ccc(N(C)C)cc1)c1ccc(C)cc1. The van der Waals surface area contributed by atoms with Gasteiger partial charge in [-0.3, -0.25) is 5.01 Å². The lowest BCUT2D eigenvalue weighted by atomic mass is 10.2. The van der Waals surface area contributed by atoms with Crippen molar-refractivity contribution >= 4 is 17.6 Å². The summed E-state index contributed by atoms with van der Waals surface area (Å²) in [5, 5.41) is 6.58. The Kier molecular flexibility index (Phi) is 4.99. The molecule has 3 heteroatoms. The smallest absolute Gasteiger partial charge is 0.0593 e. The molecular formula is C18H23N3. The summed E-state index contributed by atoms with van der Waals surface area (Å²) in [6, 6.07) is 16.8. The molecule has 2 rings (SSSR count). The van der Waals surface area contributed by atoms with E-state index in [2.05, 4.69) is 72.4 Å². The Morgan fingerprint density at radius 1 is 0.905 bits per heavy atom. The van der Waals surface area contributed by atoms with Crippen molar-refractivity contribution < 1.29 is 0 Å². The standard InChI is InChI=1S/C18H23N3/c1-5-21(18-10-6-15(2)7-11-18)19-14-16-8-12-17(13-9-16)20(3)4/h6-14H,5H2,1-4H3. The number of aryl methyl sites for hydroxylation is 1. The van der Waals surface area contributed by atoms with E-state index in [4.69, 9.17) is 0 Å². The summed E-state index contributed by atoms with van der Waals surface area (Å²) < 4.78 is 0. The molecule has 0 fully saturated rings. The fraction of sp³-hybridized carbons (Fsp3) is 0.278. The molecule has 0 radical (unpaired) electrons. The summed E-state index contributed by atoms with van der Waals surface area (Å²) >= 11 is 0. The van der Waals surface area contributed by atoms with Crippen molar-refractivity contribution in [2.45, 2.75) is 13.8 Å². The quantitative estimate of drug-likeness (QED) is 0.611. The molecule has 0 aliphatic heterocycles. The van der Waals surface area contributed by atoms with Crippen LogP contribution in [-0.2, 0) is 0 Å². The first-order valence-corrected chi connectivity index (χ1v) is 7.25. The minimum atomic E-state index is 0.843. The molecule has 0 heterocycles. The van der Waals surface area contributed by atoms with Gasteiger partial charge in [0.2, 0.25) is 0 Å². The zero-order valence-electron chi connectivity index (χ0n) is 13.2. The fourth-order valence-corrected chi connectivity index (χ4v) is 2.04. The van der Waals surface area contributed by atoms with Gasteiger partial charge in [0, 0.05) is 26.3 Å². The number of rotatable bonds is 5. The number of hydrogen-bond donors (Lipinski definition) is 0. The van der Waals surface area contributed by atoms with Gasteiger partial charge in [-0.2, -0.15) is 5.10 Å². The third kappa shape index (κ3) is 4.09. The molecule has 0 amide bonds. The number of hydrogen-bond acceptors (Lipinski definition) is 3. The molecule has 2 aromatic carbocycles. The van der Waals surface area contributed by atoms with Gasteiger partial charge in [-0.1, -0.05) is 29.8 Å². The van der Waals surface area contributed by atoms with Crippen LogP contribution >= 0.6 is 0 Å². The highest BCUT2D eigenvalue weighted by Gasteiger charge is 2.01. The van der Waals surface area contributed by atoms with E-state index >= 15 is 0 Å². The Bertz CT molecular complexity index is 583. The van der Waals surface area contributed by atoms with Gasteiger partial charge in [-0.15, -0.1) is 0 Å². The average molecular weight is 281 g/mol. The van der Waals surface area contributed by atoms with Crippen LogP contribution in [-0.4, -0.2) is 26.9 Å². The zero-order chi connectivity index (χ0) is 15.2. The average Bonchev–Trinajstić information content (AvgIpc) is 2.50. The zero-order valence-corrected chi connectivity index (χ0v) is 13.2. The maximum atomic E-state index is 4.58. The van der Waals surface area contributed by atoms with Crippen LogP contribution in [0, 0.1) is 6.92 Å².